The maximum Gasteiger partial charge on any atom is 0.0940 e. The SMILES string of the molecule is CC(CN)C1CCCc2cocc21. The molecule has 0 saturated heterocycles. The van der Waals surface area contributed by atoms with E-state index >= 15 is 0 Å². The molecule has 0 aliphatic heterocycles. The van der Waals surface area contributed by atoms with Gasteiger partial charge in [0.1, 0.15) is 0 Å². The molecule has 2 nitrogen and oxygen atoms in total. The standard InChI is InChI=1S/C11H17NO/c1-8(5-12)10-4-2-3-9-6-13-7-11(9)10/h6-8,10H,2-5,12H2,1H3. The number of hydrogen-bond donors (Lipinski definition) is 1. The Balaban J connectivity index is 2.24. The van der Waals surface area contributed by atoms with Crippen molar-refractivity contribution in [3.05, 3.63) is 23.7 Å². The van der Waals surface area contributed by atoms with Gasteiger partial charge in [-0.2, -0.15) is 0 Å². The molecule has 72 valence electrons. The third-order valence-electron chi connectivity index (χ3n) is 3.20. The van der Waals surface area contributed by atoms with Crippen LogP contribution in [-0.4, -0.2) is 6.54 Å². The molecule has 2 heteroatoms. The van der Waals surface area contributed by atoms with Gasteiger partial charge in [0, 0.05) is 0 Å². The maximum atomic E-state index is 5.70. The van der Waals surface area contributed by atoms with Gasteiger partial charge in [0.05, 0.1) is 12.5 Å². The van der Waals surface area contributed by atoms with Crippen molar-refractivity contribution in [3.63, 3.8) is 0 Å². The van der Waals surface area contributed by atoms with Crippen molar-refractivity contribution in [1.82, 2.24) is 0 Å². The van der Waals surface area contributed by atoms with Crippen LogP contribution < -0.4 is 5.73 Å². The van der Waals surface area contributed by atoms with Crippen LogP contribution in [0, 0.1) is 5.92 Å². The van der Waals surface area contributed by atoms with Gasteiger partial charge in [0.2, 0.25) is 0 Å². The molecule has 1 aromatic heterocycles. The lowest BCUT2D eigenvalue weighted by Crippen LogP contribution is -2.21. The summed E-state index contributed by atoms with van der Waals surface area (Å²) in [6, 6.07) is 0. The lowest BCUT2D eigenvalue weighted by molar-refractivity contribution is 0.413. The van der Waals surface area contributed by atoms with Gasteiger partial charge in [-0.15, -0.1) is 0 Å². The summed E-state index contributed by atoms with van der Waals surface area (Å²) in [6.45, 7) is 3.00. The summed E-state index contributed by atoms with van der Waals surface area (Å²) in [7, 11) is 0. The Morgan fingerprint density at radius 3 is 3.23 bits per heavy atom. The maximum absolute atomic E-state index is 5.70. The van der Waals surface area contributed by atoms with Crippen molar-refractivity contribution in [2.45, 2.75) is 32.1 Å². The van der Waals surface area contributed by atoms with Gasteiger partial charge in [-0.1, -0.05) is 6.92 Å². The minimum atomic E-state index is 0.580. The number of nitrogens with two attached hydrogens (primary N) is 1. The van der Waals surface area contributed by atoms with Gasteiger partial charge in [-0.25, -0.2) is 0 Å². The summed E-state index contributed by atoms with van der Waals surface area (Å²) in [5.41, 5.74) is 8.50. The minimum Gasteiger partial charge on any atom is -0.472 e. The van der Waals surface area contributed by atoms with E-state index in [9.17, 15) is 0 Å². The molecule has 0 amide bonds. The van der Waals surface area contributed by atoms with E-state index in [4.69, 9.17) is 10.2 Å². The largest absolute Gasteiger partial charge is 0.472 e. The highest BCUT2D eigenvalue weighted by Crippen LogP contribution is 2.36. The third-order valence-corrected chi connectivity index (χ3v) is 3.20. The van der Waals surface area contributed by atoms with Crippen LogP contribution in [0.2, 0.25) is 0 Å². The Morgan fingerprint density at radius 2 is 2.46 bits per heavy atom. The highest BCUT2D eigenvalue weighted by molar-refractivity contribution is 5.28. The zero-order chi connectivity index (χ0) is 9.26. The molecule has 1 aromatic rings. The molecule has 1 aliphatic rings. The van der Waals surface area contributed by atoms with Crippen molar-refractivity contribution in [1.29, 1.82) is 0 Å². The van der Waals surface area contributed by atoms with Crippen LogP contribution in [0.15, 0.2) is 16.9 Å². The molecule has 0 saturated carbocycles. The van der Waals surface area contributed by atoms with Gasteiger partial charge in [-0.3, -0.25) is 0 Å². The second-order valence-electron chi connectivity index (χ2n) is 4.06. The molecule has 0 bridgehead atoms. The summed E-state index contributed by atoms with van der Waals surface area (Å²) in [5.74, 6) is 1.21. The number of furan rings is 1. The summed E-state index contributed by atoms with van der Waals surface area (Å²) in [4.78, 5) is 0. The van der Waals surface area contributed by atoms with Crippen LogP contribution in [0.4, 0.5) is 0 Å². The molecular weight excluding hydrogens is 162 g/mol. The molecule has 1 heterocycles. The van der Waals surface area contributed by atoms with Crippen molar-refractivity contribution in [3.8, 4) is 0 Å². The molecule has 0 aromatic carbocycles. The summed E-state index contributed by atoms with van der Waals surface area (Å²) >= 11 is 0. The Kier molecular flexibility index (Phi) is 2.40. The van der Waals surface area contributed by atoms with E-state index in [0.717, 1.165) is 6.54 Å². The fourth-order valence-corrected chi connectivity index (χ4v) is 2.29. The van der Waals surface area contributed by atoms with E-state index in [2.05, 4.69) is 6.92 Å². The molecule has 2 atom stereocenters. The zero-order valence-electron chi connectivity index (χ0n) is 8.12. The van der Waals surface area contributed by atoms with E-state index < -0.39 is 0 Å². The molecule has 13 heavy (non-hydrogen) atoms. The van der Waals surface area contributed by atoms with Gasteiger partial charge in [0.25, 0.3) is 0 Å². The van der Waals surface area contributed by atoms with E-state index in [0.29, 0.717) is 11.8 Å². The van der Waals surface area contributed by atoms with Gasteiger partial charge < -0.3 is 10.2 Å². The second-order valence-corrected chi connectivity index (χ2v) is 4.06. The fourth-order valence-electron chi connectivity index (χ4n) is 2.29. The number of aryl methyl sites for hydroxylation is 1. The van der Waals surface area contributed by atoms with Crippen LogP contribution in [0.25, 0.3) is 0 Å². The van der Waals surface area contributed by atoms with E-state index in [1.54, 1.807) is 0 Å². The average Bonchev–Trinajstić information content (AvgIpc) is 2.63. The summed E-state index contributed by atoms with van der Waals surface area (Å²) < 4.78 is 5.25. The normalized spacial score (nSPS) is 24.0. The van der Waals surface area contributed by atoms with Crippen LogP contribution in [0.5, 0.6) is 0 Å². The molecule has 0 spiro atoms. The topological polar surface area (TPSA) is 39.2 Å². The van der Waals surface area contributed by atoms with Gasteiger partial charge in [0.15, 0.2) is 0 Å². The van der Waals surface area contributed by atoms with Gasteiger partial charge in [-0.05, 0) is 48.8 Å². The highest BCUT2D eigenvalue weighted by atomic mass is 16.3. The minimum absolute atomic E-state index is 0.580. The molecule has 0 fully saturated rings. The average molecular weight is 179 g/mol. The van der Waals surface area contributed by atoms with Crippen LogP contribution in [0.3, 0.4) is 0 Å². The summed E-state index contributed by atoms with van der Waals surface area (Å²) in [5, 5.41) is 0. The molecule has 2 N–H and O–H groups in total. The molecular formula is C11H17NO. The van der Waals surface area contributed by atoms with E-state index in [1.807, 2.05) is 12.5 Å². The lowest BCUT2D eigenvalue weighted by atomic mass is 9.78. The first kappa shape index (κ1) is 8.82. The van der Waals surface area contributed by atoms with Crippen molar-refractivity contribution >= 4 is 0 Å². The van der Waals surface area contributed by atoms with Gasteiger partial charge >= 0.3 is 0 Å². The molecule has 1 aliphatic carbocycles. The summed E-state index contributed by atoms with van der Waals surface area (Å²) in [6.07, 6.45) is 7.53. The monoisotopic (exact) mass is 179 g/mol. The molecule has 2 rings (SSSR count). The molecule has 0 radical (unpaired) electrons. The highest BCUT2D eigenvalue weighted by Gasteiger charge is 2.25. The first-order valence-corrected chi connectivity index (χ1v) is 5.08. The predicted molar refractivity (Wildman–Crippen MR) is 52.6 cm³/mol. The zero-order valence-corrected chi connectivity index (χ0v) is 8.12. The van der Waals surface area contributed by atoms with Crippen LogP contribution in [-0.2, 0) is 6.42 Å². The fraction of sp³-hybridized carbons (Fsp3) is 0.636. The van der Waals surface area contributed by atoms with E-state index in [-0.39, 0.29) is 0 Å². The molecule has 2 unspecified atom stereocenters. The number of hydrogen-bond acceptors (Lipinski definition) is 2. The van der Waals surface area contributed by atoms with Crippen LogP contribution >= 0.6 is 0 Å². The first-order valence-electron chi connectivity index (χ1n) is 5.08. The Hall–Kier alpha value is -0.760. The quantitative estimate of drug-likeness (QED) is 0.756. The van der Waals surface area contributed by atoms with Crippen molar-refractivity contribution < 1.29 is 4.42 Å². The number of fused-ring (bicyclic) bond motifs is 1. The van der Waals surface area contributed by atoms with E-state index in [1.165, 1.54) is 30.4 Å². The smallest absolute Gasteiger partial charge is 0.0940 e. The Bertz CT molecular complexity index is 279. The Labute approximate surface area is 79.1 Å². The third kappa shape index (κ3) is 1.51. The predicted octanol–water partition coefficient (Wildman–Crippen LogP) is 2.29. The second kappa shape index (κ2) is 3.54. The van der Waals surface area contributed by atoms with Crippen LogP contribution in [0.1, 0.15) is 36.8 Å². The lowest BCUT2D eigenvalue weighted by Gasteiger charge is -2.26. The Morgan fingerprint density at radius 1 is 1.62 bits per heavy atom. The number of rotatable bonds is 2. The van der Waals surface area contributed by atoms with Crippen molar-refractivity contribution in [2.75, 3.05) is 6.54 Å². The van der Waals surface area contributed by atoms with Crippen molar-refractivity contribution in [2.24, 2.45) is 11.7 Å². The first-order chi connectivity index (χ1) is 6.33.